The molecule has 0 amide bonds. The highest BCUT2D eigenvalue weighted by Crippen LogP contribution is 2.11. The minimum absolute atomic E-state index is 0.0911. The number of pyridine rings is 1. The molecule has 0 fully saturated rings. The molecule has 64 valence electrons. The molecule has 4 nitrogen and oxygen atoms in total. The summed E-state index contributed by atoms with van der Waals surface area (Å²) in [7, 11) is 0. The van der Waals surface area contributed by atoms with Gasteiger partial charge in [0, 0.05) is 12.4 Å². The van der Waals surface area contributed by atoms with Crippen LogP contribution < -0.4 is 0 Å². The maximum atomic E-state index is 10.5. The van der Waals surface area contributed by atoms with Crippen LogP contribution in [0.4, 0.5) is 0 Å². The summed E-state index contributed by atoms with van der Waals surface area (Å²) in [6, 6.07) is 1.40. The SMILES string of the molecule is CC(O)c1cncc(C(=O)O)c1. The largest absolute Gasteiger partial charge is 0.478 e. The first-order valence-electron chi connectivity index (χ1n) is 3.47. The second kappa shape index (κ2) is 3.32. The average molecular weight is 167 g/mol. The van der Waals surface area contributed by atoms with Crippen molar-refractivity contribution in [3.05, 3.63) is 29.6 Å². The second-order valence-corrected chi connectivity index (χ2v) is 2.49. The van der Waals surface area contributed by atoms with Crippen LogP contribution in [0, 0.1) is 0 Å². The molecule has 1 unspecified atom stereocenters. The van der Waals surface area contributed by atoms with Gasteiger partial charge in [-0.25, -0.2) is 4.79 Å². The van der Waals surface area contributed by atoms with E-state index in [2.05, 4.69) is 4.98 Å². The summed E-state index contributed by atoms with van der Waals surface area (Å²) in [5.74, 6) is -1.04. The Bertz CT molecular complexity index is 296. The van der Waals surface area contributed by atoms with Crippen molar-refractivity contribution in [2.24, 2.45) is 0 Å². The molecule has 0 saturated heterocycles. The minimum Gasteiger partial charge on any atom is -0.478 e. The highest BCUT2D eigenvalue weighted by molar-refractivity contribution is 5.87. The van der Waals surface area contributed by atoms with Gasteiger partial charge in [-0.15, -0.1) is 0 Å². The number of hydrogen-bond donors (Lipinski definition) is 2. The number of carbonyl (C=O) groups is 1. The molecule has 12 heavy (non-hydrogen) atoms. The van der Waals surface area contributed by atoms with E-state index in [1.807, 2.05) is 0 Å². The van der Waals surface area contributed by atoms with Crippen molar-refractivity contribution in [3.63, 3.8) is 0 Å². The number of aromatic nitrogens is 1. The fraction of sp³-hybridized carbons (Fsp3) is 0.250. The number of hydrogen-bond acceptors (Lipinski definition) is 3. The number of rotatable bonds is 2. The summed E-state index contributed by atoms with van der Waals surface area (Å²) in [6.45, 7) is 1.56. The van der Waals surface area contributed by atoms with Crippen molar-refractivity contribution in [2.75, 3.05) is 0 Å². The van der Waals surface area contributed by atoms with Crippen LogP contribution in [0.25, 0.3) is 0 Å². The van der Waals surface area contributed by atoms with E-state index in [-0.39, 0.29) is 5.56 Å². The van der Waals surface area contributed by atoms with Crippen LogP contribution >= 0.6 is 0 Å². The van der Waals surface area contributed by atoms with E-state index in [1.54, 1.807) is 6.92 Å². The maximum absolute atomic E-state index is 10.5. The minimum atomic E-state index is -1.04. The van der Waals surface area contributed by atoms with Gasteiger partial charge >= 0.3 is 5.97 Å². The first-order chi connectivity index (χ1) is 5.61. The van der Waals surface area contributed by atoms with Crippen molar-refractivity contribution < 1.29 is 15.0 Å². The molecule has 1 rings (SSSR count). The zero-order valence-electron chi connectivity index (χ0n) is 6.56. The standard InChI is InChI=1S/C8H9NO3/c1-5(10)6-2-7(8(11)12)4-9-3-6/h2-5,10H,1H3,(H,11,12). The van der Waals surface area contributed by atoms with Gasteiger partial charge in [-0.05, 0) is 18.6 Å². The van der Waals surface area contributed by atoms with E-state index in [1.165, 1.54) is 18.5 Å². The van der Waals surface area contributed by atoms with Gasteiger partial charge < -0.3 is 10.2 Å². The molecule has 0 aliphatic rings. The Labute approximate surface area is 69.5 Å². The molecule has 0 saturated carbocycles. The highest BCUT2D eigenvalue weighted by atomic mass is 16.4. The van der Waals surface area contributed by atoms with Gasteiger partial charge in [-0.1, -0.05) is 0 Å². The summed E-state index contributed by atoms with van der Waals surface area (Å²) >= 11 is 0. The summed E-state index contributed by atoms with van der Waals surface area (Å²) in [6.07, 6.45) is 2.00. The molecule has 1 heterocycles. The Morgan fingerprint density at radius 1 is 1.58 bits per heavy atom. The smallest absolute Gasteiger partial charge is 0.337 e. The Balaban J connectivity index is 3.04. The van der Waals surface area contributed by atoms with Gasteiger partial charge in [0.05, 0.1) is 11.7 Å². The Morgan fingerprint density at radius 3 is 2.75 bits per heavy atom. The quantitative estimate of drug-likeness (QED) is 0.684. The lowest BCUT2D eigenvalue weighted by atomic mass is 10.1. The van der Waals surface area contributed by atoms with Crippen LogP contribution in [-0.2, 0) is 0 Å². The Morgan fingerprint density at radius 2 is 2.25 bits per heavy atom. The Hall–Kier alpha value is -1.42. The van der Waals surface area contributed by atoms with E-state index in [4.69, 9.17) is 10.2 Å². The average Bonchev–Trinajstić information content (AvgIpc) is 2.04. The monoisotopic (exact) mass is 167 g/mol. The van der Waals surface area contributed by atoms with Crippen LogP contribution in [0.15, 0.2) is 18.5 Å². The van der Waals surface area contributed by atoms with Crippen LogP contribution in [0.3, 0.4) is 0 Å². The summed E-state index contributed by atoms with van der Waals surface area (Å²) in [5, 5.41) is 17.7. The Kier molecular flexibility index (Phi) is 2.40. The van der Waals surface area contributed by atoms with Crippen molar-refractivity contribution >= 4 is 5.97 Å². The molecule has 0 bridgehead atoms. The van der Waals surface area contributed by atoms with Gasteiger partial charge in [0.15, 0.2) is 0 Å². The number of carboxylic acid groups (broad SMARTS) is 1. The first-order valence-corrected chi connectivity index (χ1v) is 3.47. The van der Waals surface area contributed by atoms with Gasteiger partial charge in [0.25, 0.3) is 0 Å². The number of aromatic carboxylic acids is 1. The van der Waals surface area contributed by atoms with Crippen LogP contribution in [0.1, 0.15) is 28.9 Å². The van der Waals surface area contributed by atoms with E-state index >= 15 is 0 Å². The summed E-state index contributed by atoms with van der Waals surface area (Å²) in [4.78, 5) is 14.1. The third-order valence-corrected chi connectivity index (χ3v) is 1.49. The van der Waals surface area contributed by atoms with Crippen LogP contribution in [0.5, 0.6) is 0 Å². The third-order valence-electron chi connectivity index (χ3n) is 1.49. The van der Waals surface area contributed by atoms with E-state index in [0.717, 1.165) is 0 Å². The zero-order chi connectivity index (χ0) is 9.14. The first kappa shape index (κ1) is 8.67. The second-order valence-electron chi connectivity index (χ2n) is 2.49. The van der Waals surface area contributed by atoms with Crippen molar-refractivity contribution in [3.8, 4) is 0 Å². The van der Waals surface area contributed by atoms with Crippen LogP contribution in [-0.4, -0.2) is 21.2 Å². The summed E-state index contributed by atoms with van der Waals surface area (Å²) in [5.41, 5.74) is 0.600. The lowest BCUT2D eigenvalue weighted by Gasteiger charge is -2.03. The molecule has 0 spiro atoms. The summed E-state index contributed by atoms with van der Waals surface area (Å²) < 4.78 is 0. The molecule has 1 aromatic heterocycles. The fourth-order valence-corrected chi connectivity index (χ4v) is 0.803. The molecular weight excluding hydrogens is 158 g/mol. The van der Waals surface area contributed by atoms with Gasteiger partial charge in [-0.3, -0.25) is 4.98 Å². The zero-order valence-corrected chi connectivity index (χ0v) is 6.56. The molecule has 0 aromatic carbocycles. The maximum Gasteiger partial charge on any atom is 0.337 e. The van der Waals surface area contributed by atoms with Crippen LogP contribution in [0.2, 0.25) is 0 Å². The molecule has 0 aliphatic heterocycles. The third kappa shape index (κ3) is 1.79. The lowest BCUT2D eigenvalue weighted by Crippen LogP contribution is -2.00. The van der Waals surface area contributed by atoms with Gasteiger partial charge in [-0.2, -0.15) is 0 Å². The fourth-order valence-electron chi connectivity index (χ4n) is 0.803. The van der Waals surface area contributed by atoms with Crippen molar-refractivity contribution in [1.82, 2.24) is 4.98 Å². The molecule has 1 atom stereocenters. The molecule has 4 heteroatoms. The topological polar surface area (TPSA) is 70.4 Å². The van der Waals surface area contributed by atoms with E-state index in [0.29, 0.717) is 5.56 Å². The number of aliphatic hydroxyl groups excluding tert-OH is 1. The number of nitrogens with zero attached hydrogens (tertiary/aromatic N) is 1. The van der Waals surface area contributed by atoms with E-state index in [9.17, 15) is 4.79 Å². The molecule has 2 N–H and O–H groups in total. The number of aliphatic hydroxyl groups is 1. The molecule has 0 radical (unpaired) electrons. The number of carboxylic acids is 1. The lowest BCUT2D eigenvalue weighted by molar-refractivity contribution is 0.0696. The highest BCUT2D eigenvalue weighted by Gasteiger charge is 2.06. The van der Waals surface area contributed by atoms with E-state index < -0.39 is 12.1 Å². The molecule has 1 aromatic rings. The molecular formula is C8H9NO3. The van der Waals surface area contributed by atoms with Crippen molar-refractivity contribution in [1.29, 1.82) is 0 Å². The van der Waals surface area contributed by atoms with Gasteiger partial charge in [0.1, 0.15) is 0 Å². The predicted octanol–water partition coefficient (Wildman–Crippen LogP) is 0.833. The normalized spacial score (nSPS) is 12.5. The molecule has 0 aliphatic carbocycles. The van der Waals surface area contributed by atoms with Gasteiger partial charge in [0.2, 0.25) is 0 Å². The predicted molar refractivity (Wildman–Crippen MR) is 41.8 cm³/mol. The van der Waals surface area contributed by atoms with Crippen molar-refractivity contribution in [2.45, 2.75) is 13.0 Å².